The molecule has 2 aromatic carbocycles. The minimum atomic E-state index is -0.638. The molecule has 0 atom stereocenters. The van der Waals surface area contributed by atoms with Crippen molar-refractivity contribution in [3.63, 3.8) is 0 Å². The van der Waals surface area contributed by atoms with E-state index in [0.717, 1.165) is 25.7 Å². The van der Waals surface area contributed by atoms with Crippen LogP contribution in [-0.4, -0.2) is 39.5 Å². The molecular formula is C22H29ClN2O6. The summed E-state index contributed by atoms with van der Waals surface area (Å²) in [6.07, 6.45) is 2.25. The lowest BCUT2D eigenvalue weighted by Gasteiger charge is -2.19. The Morgan fingerprint density at radius 3 is 1.74 bits per heavy atom. The lowest BCUT2D eigenvalue weighted by Crippen LogP contribution is -2.28. The minimum absolute atomic E-state index is 0.110. The smallest absolute Gasteiger partial charge is 0.412 e. The molecule has 170 valence electrons. The zero-order chi connectivity index (χ0) is 22.8. The molecule has 2 rings (SSSR count). The van der Waals surface area contributed by atoms with Crippen LogP contribution < -0.4 is 29.6 Å². The van der Waals surface area contributed by atoms with Crippen LogP contribution in [0.2, 0.25) is 5.02 Å². The van der Waals surface area contributed by atoms with Gasteiger partial charge in [0.05, 0.1) is 14.2 Å². The minimum Gasteiger partial charge on any atom is -0.490 e. The first-order valence-corrected chi connectivity index (χ1v) is 10.6. The third-order valence-electron chi connectivity index (χ3n) is 4.49. The second-order valence-corrected chi connectivity index (χ2v) is 7.19. The van der Waals surface area contributed by atoms with E-state index in [9.17, 15) is 9.59 Å². The summed E-state index contributed by atoms with van der Waals surface area (Å²) in [4.78, 5) is 24.7. The van der Waals surface area contributed by atoms with Gasteiger partial charge in [0.15, 0.2) is 11.5 Å². The first kappa shape index (κ1) is 24.4. The zero-order valence-corrected chi connectivity index (χ0v) is 19.1. The number of carbonyl (C=O) groups excluding carboxylic acids is 2. The van der Waals surface area contributed by atoms with E-state index in [1.54, 1.807) is 18.2 Å². The van der Waals surface area contributed by atoms with Crippen LogP contribution in [0.5, 0.6) is 23.0 Å². The maximum atomic E-state index is 12.3. The Morgan fingerprint density at radius 1 is 0.806 bits per heavy atom. The van der Waals surface area contributed by atoms with Gasteiger partial charge in [-0.25, -0.2) is 9.59 Å². The number of methoxy groups -OCH3 is 2. The molecule has 0 spiro atoms. The van der Waals surface area contributed by atoms with Crippen LogP contribution in [0.25, 0.3) is 10.8 Å². The van der Waals surface area contributed by atoms with Gasteiger partial charge in [0.1, 0.15) is 0 Å². The Morgan fingerprint density at radius 2 is 1.29 bits per heavy atom. The van der Waals surface area contributed by atoms with Gasteiger partial charge in [0, 0.05) is 28.9 Å². The second-order valence-electron chi connectivity index (χ2n) is 6.75. The van der Waals surface area contributed by atoms with E-state index in [1.807, 2.05) is 13.8 Å². The first-order valence-electron chi connectivity index (χ1n) is 10.2. The monoisotopic (exact) mass is 452 g/mol. The average molecular weight is 453 g/mol. The van der Waals surface area contributed by atoms with Crippen LogP contribution >= 0.6 is 11.6 Å². The molecule has 9 heteroatoms. The number of unbranched alkanes of at least 4 members (excludes halogenated alkanes) is 2. The predicted molar refractivity (Wildman–Crippen MR) is 120 cm³/mol. The van der Waals surface area contributed by atoms with Crippen LogP contribution in [0.1, 0.15) is 39.5 Å². The fourth-order valence-electron chi connectivity index (χ4n) is 2.92. The van der Waals surface area contributed by atoms with Crippen molar-refractivity contribution in [3.8, 4) is 23.0 Å². The number of halogens is 1. The van der Waals surface area contributed by atoms with Crippen LogP contribution in [-0.2, 0) is 0 Å². The van der Waals surface area contributed by atoms with E-state index < -0.39 is 12.2 Å². The quantitative estimate of drug-likeness (QED) is 0.476. The van der Waals surface area contributed by atoms with Gasteiger partial charge < -0.3 is 29.6 Å². The highest BCUT2D eigenvalue weighted by molar-refractivity contribution is 6.31. The summed E-state index contributed by atoms with van der Waals surface area (Å²) >= 11 is 6.19. The third kappa shape index (κ3) is 6.30. The summed E-state index contributed by atoms with van der Waals surface area (Å²) in [7, 11) is 2.81. The van der Waals surface area contributed by atoms with Crippen molar-refractivity contribution in [1.29, 1.82) is 0 Å². The Labute approximate surface area is 187 Å². The lowest BCUT2D eigenvalue weighted by molar-refractivity contribution is 0.194. The normalized spacial score (nSPS) is 10.5. The van der Waals surface area contributed by atoms with Crippen LogP contribution in [0.3, 0.4) is 0 Å². The number of hydrogen-bond acceptors (Lipinski definition) is 6. The Kier molecular flexibility index (Phi) is 9.52. The molecule has 0 saturated heterocycles. The molecule has 0 unspecified atom stereocenters. The number of hydrogen-bond donors (Lipinski definition) is 2. The number of amides is 2. The Bertz CT molecular complexity index is 919. The topological polar surface area (TPSA) is 95.1 Å². The fourth-order valence-corrected chi connectivity index (χ4v) is 3.09. The van der Waals surface area contributed by atoms with Gasteiger partial charge in [-0.3, -0.25) is 0 Å². The van der Waals surface area contributed by atoms with Gasteiger partial charge in [0.2, 0.25) is 11.5 Å². The molecule has 31 heavy (non-hydrogen) atoms. The molecule has 0 aromatic heterocycles. The number of ether oxygens (including phenoxy) is 4. The van der Waals surface area contributed by atoms with Crippen LogP contribution in [0, 0.1) is 0 Å². The molecule has 2 N–H and O–H groups in total. The van der Waals surface area contributed by atoms with Crippen molar-refractivity contribution in [1.82, 2.24) is 10.6 Å². The zero-order valence-electron chi connectivity index (χ0n) is 18.3. The van der Waals surface area contributed by atoms with Crippen molar-refractivity contribution in [2.45, 2.75) is 39.5 Å². The molecule has 0 aliphatic rings. The van der Waals surface area contributed by atoms with Gasteiger partial charge in [-0.2, -0.15) is 0 Å². The van der Waals surface area contributed by atoms with Crippen molar-refractivity contribution in [2.75, 3.05) is 27.3 Å². The largest absolute Gasteiger partial charge is 0.490 e. The van der Waals surface area contributed by atoms with Crippen LogP contribution in [0.15, 0.2) is 18.2 Å². The molecular weight excluding hydrogens is 424 g/mol. The fraction of sp³-hybridized carbons (Fsp3) is 0.455. The highest BCUT2D eigenvalue weighted by Crippen LogP contribution is 2.51. The Balaban J connectivity index is 2.53. The molecule has 0 bridgehead atoms. The highest BCUT2D eigenvalue weighted by atomic mass is 35.5. The second kappa shape index (κ2) is 12.1. The highest BCUT2D eigenvalue weighted by Gasteiger charge is 2.27. The van der Waals surface area contributed by atoms with E-state index in [1.165, 1.54) is 14.2 Å². The van der Waals surface area contributed by atoms with Crippen molar-refractivity contribution in [2.24, 2.45) is 0 Å². The maximum Gasteiger partial charge on any atom is 0.412 e. The summed E-state index contributed by atoms with van der Waals surface area (Å²) in [5.41, 5.74) is 0. The molecule has 8 nitrogen and oxygen atoms in total. The average Bonchev–Trinajstić information content (AvgIpc) is 2.75. The van der Waals surface area contributed by atoms with E-state index in [2.05, 4.69) is 10.6 Å². The summed E-state index contributed by atoms with van der Waals surface area (Å²) < 4.78 is 22.1. The summed E-state index contributed by atoms with van der Waals surface area (Å²) in [5.74, 6) is 0.488. The van der Waals surface area contributed by atoms with Gasteiger partial charge in [-0.1, -0.05) is 38.3 Å². The number of carbonyl (C=O) groups is 2. The summed E-state index contributed by atoms with van der Waals surface area (Å²) in [6, 6.07) is 4.91. The molecule has 0 fully saturated rings. The number of fused-ring (bicyclic) bond motifs is 1. The third-order valence-corrected chi connectivity index (χ3v) is 4.72. The van der Waals surface area contributed by atoms with Crippen molar-refractivity contribution in [3.05, 3.63) is 23.2 Å². The number of nitrogens with one attached hydrogen (secondary N) is 2. The van der Waals surface area contributed by atoms with Gasteiger partial charge in [-0.05, 0) is 31.0 Å². The van der Waals surface area contributed by atoms with E-state index in [4.69, 9.17) is 30.5 Å². The SMILES string of the molecule is CCCCNC(=O)Oc1c(OC)c(OC)c(OC(=O)NCCCC)c2cc(Cl)ccc12. The maximum absolute atomic E-state index is 12.3. The summed E-state index contributed by atoms with van der Waals surface area (Å²) in [6.45, 7) is 5.01. The van der Waals surface area contributed by atoms with E-state index in [0.29, 0.717) is 28.9 Å². The van der Waals surface area contributed by atoms with E-state index in [-0.39, 0.29) is 23.0 Å². The summed E-state index contributed by atoms with van der Waals surface area (Å²) in [5, 5.41) is 6.71. The predicted octanol–water partition coefficient (Wildman–Crippen LogP) is 5.29. The molecule has 0 aliphatic carbocycles. The van der Waals surface area contributed by atoms with Crippen LogP contribution in [0.4, 0.5) is 9.59 Å². The number of rotatable bonds is 10. The number of benzene rings is 2. The van der Waals surface area contributed by atoms with Gasteiger partial charge >= 0.3 is 12.2 Å². The molecule has 0 saturated carbocycles. The van der Waals surface area contributed by atoms with Gasteiger partial charge in [0.25, 0.3) is 0 Å². The molecule has 0 aliphatic heterocycles. The van der Waals surface area contributed by atoms with E-state index >= 15 is 0 Å². The molecule has 2 aromatic rings. The molecule has 0 heterocycles. The Hall–Kier alpha value is -2.87. The lowest BCUT2D eigenvalue weighted by atomic mass is 10.1. The molecule has 0 radical (unpaired) electrons. The van der Waals surface area contributed by atoms with Crippen molar-refractivity contribution < 1.29 is 28.5 Å². The van der Waals surface area contributed by atoms with Gasteiger partial charge in [-0.15, -0.1) is 0 Å². The standard InChI is InChI=1S/C22H29ClN2O6/c1-5-7-11-24-21(26)30-17-15-10-9-14(23)13-16(15)18(20(29-4)19(17)28-3)31-22(27)25-12-8-6-2/h9-10,13H,5-8,11-12H2,1-4H3,(H,24,26)(H,25,27). The first-order chi connectivity index (χ1) is 15.0. The molecule has 2 amide bonds. The van der Waals surface area contributed by atoms with Crippen molar-refractivity contribution >= 4 is 34.6 Å².